The van der Waals surface area contributed by atoms with Crippen LogP contribution in [0.25, 0.3) is 0 Å². The molecule has 0 aromatic heterocycles. The molecule has 10 heteroatoms. The first-order chi connectivity index (χ1) is 14.8. The van der Waals surface area contributed by atoms with Gasteiger partial charge in [0.05, 0.1) is 17.4 Å². The quantitative estimate of drug-likeness (QED) is 0.309. The van der Waals surface area contributed by atoms with E-state index in [9.17, 15) is 29.3 Å². The Balaban J connectivity index is 1.56. The third-order valence-corrected chi connectivity index (χ3v) is 4.76. The van der Waals surface area contributed by atoms with Gasteiger partial charge in [-0.1, -0.05) is 42.0 Å². The summed E-state index contributed by atoms with van der Waals surface area (Å²) in [7, 11) is 0. The van der Waals surface area contributed by atoms with Crippen LogP contribution in [-0.4, -0.2) is 46.7 Å². The number of aryl methyl sites for hydroxylation is 1. The van der Waals surface area contributed by atoms with Gasteiger partial charge in [0.15, 0.2) is 12.4 Å². The van der Waals surface area contributed by atoms with Crippen molar-refractivity contribution in [2.75, 3.05) is 13.2 Å². The number of esters is 1. The summed E-state index contributed by atoms with van der Waals surface area (Å²) >= 11 is 0. The molecule has 0 unspecified atom stereocenters. The molecule has 1 atom stereocenters. The van der Waals surface area contributed by atoms with Gasteiger partial charge in [0, 0.05) is 18.1 Å². The van der Waals surface area contributed by atoms with Crippen LogP contribution in [0.2, 0.25) is 0 Å². The van der Waals surface area contributed by atoms with Crippen LogP contribution in [-0.2, 0) is 14.3 Å². The van der Waals surface area contributed by atoms with Crippen molar-refractivity contribution >= 4 is 29.3 Å². The number of nitro groups is 1. The molecule has 0 spiro atoms. The molecule has 3 rings (SSSR count). The average Bonchev–Trinajstić information content (AvgIpc) is 3.12. The maximum Gasteiger partial charge on any atom is 0.311 e. The number of para-hydroxylation sites is 1. The van der Waals surface area contributed by atoms with Crippen LogP contribution >= 0.6 is 0 Å². The van der Waals surface area contributed by atoms with E-state index in [1.54, 1.807) is 24.3 Å². The third-order valence-electron chi connectivity index (χ3n) is 4.76. The van der Waals surface area contributed by atoms with Crippen molar-refractivity contribution < 1.29 is 28.8 Å². The number of hydrogen-bond donors (Lipinski definition) is 1. The second-order valence-corrected chi connectivity index (χ2v) is 7.02. The lowest BCUT2D eigenvalue weighted by Crippen LogP contribution is -2.43. The summed E-state index contributed by atoms with van der Waals surface area (Å²) in [6.07, 6.45) is -0.214. The number of amides is 2. The standard InChI is InChI=1S/C21H19N3O7/c1-13-6-8-14(9-7-13)18(25)12-31-21(28)15-10-19(26)23(11-15)22-20(27)16-4-2-3-5-17(16)24(29)30/h2-9,15H,10-12H2,1H3,(H,22,27)/t15-/m1/s1. The van der Waals surface area contributed by atoms with Crippen molar-refractivity contribution in [1.29, 1.82) is 0 Å². The molecule has 0 aliphatic carbocycles. The Morgan fingerprint density at radius 3 is 2.52 bits per heavy atom. The van der Waals surface area contributed by atoms with E-state index in [1.807, 2.05) is 6.92 Å². The van der Waals surface area contributed by atoms with Crippen LogP contribution in [0.5, 0.6) is 0 Å². The van der Waals surface area contributed by atoms with E-state index in [0.717, 1.165) is 10.6 Å². The molecular weight excluding hydrogens is 406 g/mol. The summed E-state index contributed by atoms with van der Waals surface area (Å²) in [6, 6.07) is 12.1. The zero-order chi connectivity index (χ0) is 22.5. The lowest BCUT2D eigenvalue weighted by Gasteiger charge is -2.17. The number of carbonyl (C=O) groups is 4. The molecule has 1 fully saturated rings. The Morgan fingerprint density at radius 1 is 1.16 bits per heavy atom. The van der Waals surface area contributed by atoms with E-state index < -0.39 is 40.9 Å². The Labute approximate surface area is 176 Å². The minimum atomic E-state index is -0.871. The average molecular weight is 425 g/mol. The Hall–Kier alpha value is -4.08. The number of nitrogens with one attached hydrogen (secondary N) is 1. The summed E-state index contributed by atoms with van der Waals surface area (Å²) in [5.41, 5.74) is 3.06. The van der Waals surface area contributed by atoms with E-state index in [0.29, 0.717) is 5.56 Å². The lowest BCUT2D eigenvalue weighted by atomic mass is 10.1. The molecule has 160 valence electrons. The minimum absolute atomic E-state index is 0.164. The highest BCUT2D eigenvalue weighted by Gasteiger charge is 2.37. The maximum absolute atomic E-state index is 12.4. The molecular formula is C21H19N3O7. The topological polar surface area (TPSA) is 136 Å². The number of nitrogens with zero attached hydrogens (tertiary/aromatic N) is 2. The summed E-state index contributed by atoms with van der Waals surface area (Å²) in [5.74, 6) is -3.37. The van der Waals surface area contributed by atoms with Crippen molar-refractivity contribution in [2.45, 2.75) is 13.3 Å². The fourth-order valence-electron chi connectivity index (χ4n) is 3.06. The van der Waals surface area contributed by atoms with Gasteiger partial charge < -0.3 is 4.74 Å². The number of nitro benzene ring substituents is 1. The van der Waals surface area contributed by atoms with Crippen molar-refractivity contribution in [3.8, 4) is 0 Å². The van der Waals surface area contributed by atoms with Gasteiger partial charge in [-0.05, 0) is 13.0 Å². The first-order valence-electron chi connectivity index (χ1n) is 9.37. The predicted molar refractivity (Wildman–Crippen MR) is 107 cm³/mol. The molecule has 0 radical (unpaired) electrons. The van der Waals surface area contributed by atoms with Crippen molar-refractivity contribution in [2.24, 2.45) is 5.92 Å². The molecule has 2 amide bonds. The first kappa shape index (κ1) is 21.6. The smallest absolute Gasteiger partial charge is 0.311 e. The second kappa shape index (κ2) is 9.16. The number of hydrogen-bond acceptors (Lipinski definition) is 7. The summed E-state index contributed by atoms with van der Waals surface area (Å²) in [4.78, 5) is 59.3. The number of benzene rings is 2. The van der Waals surface area contributed by atoms with Crippen LogP contribution in [0.1, 0.15) is 32.7 Å². The van der Waals surface area contributed by atoms with Gasteiger partial charge in [-0.15, -0.1) is 0 Å². The van der Waals surface area contributed by atoms with E-state index >= 15 is 0 Å². The second-order valence-electron chi connectivity index (χ2n) is 7.02. The monoisotopic (exact) mass is 425 g/mol. The number of carbonyl (C=O) groups excluding carboxylic acids is 4. The maximum atomic E-state index is 12.4. The SMILES string of the molecule is Cc1ccc(C(=O)COC(=O)[C@@H]2CC(=O)N(NC(=O)c3ccccc3[N+](=O)[O-])C2)cc1. The van der Waals surface area contributed by atoms with Crippen LogP contribution in [0.15, 0.2) is 48.5 Å². The van der Waals surface area contributed by atoms with Crippen LogP contribution in [0.4, 0.5) is 5.69 Å². The van der Waals surface area contributed by atoms with Crippen LogP contribution < -0.4 is 5.43 Å². The highest BCUT2D eigenvalue weighted by molar-refractivity contribution is 6.00. The Bertz CT molecular complexity index is 1050. The minimum Gasteiger partial charge on any atom is -0.457 e. The fourth-order valence-corrected chi connectivity index (χ4v) is 3.06. The van der Waals surface area contributed by atoms with Gasteiger partial charge in [-0.3, -0.25) is 39.7 Å². The number of ether oxygens (including phenoxy) is 1. The molecule has 1 heterocycles. The molecule has 1 N–H and O–H groups in total. The third kappa shape index (κ3) is 5.10. The highest BCUT2D eigenvalue weighted by atomic mass is 16.6. The van der Waals surface area contributed by atoms with Crippen molar-refractivity contribution in [3.63, 3.8) is 0 Å². The summed E-state index contributed by atoms with van der Waals surface area (Å²) in [5, 5.41) is 12.0. The van der Waals surface area contributed by atoms with Crippen molar-refractivity contribution in [1.82, 2.24) is 10.4 Å². The van der Waals surface area contributed by atoms with Gasteiger partial charge in [0.1, 0.15) is 5.56 Å². The highest BCUT2D eigenvalue weighted by Crippen LogP contribution is 2.21. The van der Waals surface area contributed by atoms with Gasteiger partial charge in [0.25, 0.3) is 11.6 Å². The molecule has 1 aliphatic heterocycles. The molecule has 0 saturated carbocycles. The van der Waals surface area contributed by atoms with E-state index in [1.165, 1.54) is 24.3 Å². The van der Waals surface area contributed by atoms with Gasteiger partial charge >= 0.3 is 5.97 Å². The molecule has 0 bridgehead atoms. The van der Waals surface area contributed by atoms with Gasteiger partial charge in [0.2, 0.25) is 5.91 Å². The largest absolute Gasteiger partial charge is 0.457 e. The summed E-state index contributed by atoms with van der Waals surface area (Å²) < 4.78 is 5.04. The van der Waals surface area contributed by atoms with E-state index in [4.69, 9.17) is 4.74 Å². The number of hydrazine groups is 1. The molecule has 1 aliphatic rings. The molecule has 31 heavy (non-hydrogen) atoms. The first-order valence-corrected chi connectivity index (χ1v) is 9.37. The van der Waals surface area contributed by atoms with Gasteiger partial charge in [-0.25, -0.2) is 0 Å². The number of Topliss-reactive ketones (excluding diaryl/α,β-unsaturated/α-hetero) is 1. The van der Waals surface area contributed by atoms with Gasteiger partial charge in [-0.2, -0.15) is 0 Å². The van der Waals surface area contributed by atoms with Crippen LogP contribution in [0.3, 0.4) is 0 Å². The molecule has 10 nitrogen and oxygen atoms in total. The Morgan fingerprint density at radius 2 is 1.84 bits per heavy atom. The van der Waals surface area contributed by atoms with Crippen LogP contribution in [0, 0.1) is 23.0 Å². The summed E-state index contributed by atoms with van der Waals surface area (Å²) in [6.45, 7) is 1.25. The van der Waals surface area contributed by atoms with E-state index in [-0.39, 0.29) is 24.3 Å². The predicted octanol–water partition coefficient (Wildman–Crippen LogP) is 1.82. The molecule has 1 saturated heterocycles. The van der Waals surface area contributed by atoms with E-state index in [2.05, 4.69) is 5.43 Å². The Kier molecular flexibility index (Phi) is 6.39. The number of rotatable bonds is 7. The molecule has 2 aromatic carbocycles. The number of ketones is 1. The lowest BCUT2D eigenvalue weighted by molar-refractivity contribution is -0.385. The fraction of sp³-hybridized carbons (Fsp3) is 0.238. The zero-order valence-electron chi connectivity index (χ0n) is 16.6. The normalized spacial score (nSPS) is 15.5. The van der Waals surface area contributed by atoms with Crippen molar-refractivity contribution in [3.05, 3.63) is 75.3 Å². The molecule has 2 aromatic rings. The zero-order valence-corrected chi connectivity index (χ0v) is 16.6.